The van der Waals surface area contributed by atoms with Crippen LogP contribution in [0.4, 0.5) is 0 Å². The highest BCUT2D eigenvalue weighted by atomic mass is 16.5. The maximum Gasteiger partial charge on any atom is 0.346 e. The standard InChI is InChI=1S/C24H30N6O3/c1-33-14-13-29-24(32)30(21-8-9-21)22(26-29)20-3-2-11-28(16-20)23(31)19-6-4-18(5-7-19)15-27-12-10-25-17-27/h4-7,10,12,17,20-21H,2-3,8-9,11,13-16H2,1H3. The van der Waals surface area contributed by atoms with Crippen LogP contribution in [0.1, 0.15) is 59.4 Å². The number of ether oxygens (including phenoxy) is 1. The van der Waals surface area contributed by atoms with E-state index in [1.165, 1.54) is 4.68 Å². The minimum atomic E-state index is -0.0542. The van der Waals surface area contributed by atoms with E-state index in [9.17, 15) is 9.59 Å². The van der Waals surface area contributed by atoms with Crippen LogP contribution in [-0.4, -0.2) is 61.5 Å². The van der Waals surface area contributed by atoms with Gasteiger partial charge in [-0.15, -0.1) is 0 Å². The summed E-state index contributed by atoms with van der Waals surface area (Å²) in [6.45, 7) is 2.94. The largest absolute Gasteiger partial charge is 0.383 e. The fourth-order valence-electron chi connectivity index (χ4n) is 4.61. The summed E-state index contributed by atoms with van der Waals surface area (Å²) in [5.41, 5.74) is 1.76. The number of piperidine rings is 1. The Morgan fingerprint density at radius 1 is 1.18 bits per heavy atom. The maximum absolute atomic E-state index is 13.2. The zero-order valence-electron chi connectivity index (χ0n) is 19.0. The molecule has 0 radical (unpaired) electrons. The lowest BCUT2D eigenvalue weighted by molar-refractivity contribution is 0.0703. The van der Waals surface area contributed by atoms with E-state index in [2.05, 4.69) is 10.1 Å². The monoisotopic (exact) mass is 450 g/mol. The van der Waals surface area contributed by atoms with Gasteiger partial charge in [0, 0.05) is 56.7 Å². The molecule has 33 heavy (non-hydrogen) atoms. The van der Waals surface area contributed by atoms with E-state index in [1.807, 2.05) is 44.5 Å². The van der Waals surface area contributed by atoms with Gasteiger partial charge in [0.15, 0.2) is 0 Å². The van der Waals surface area contributed by atoms with Gasteiger partial charge in [0.05, 0.1) is 19.5 Å². The molecule has 1 saturated heterocycles. The van der Waals surface area contributed by atoms with Gasteiger partial charge in [0.2, 0.25) is 0 Å². The van der Waals surface area contributed by atoms with Crippen molar-refractivity contribution in [3.05, 3.63) is 70.4 Å². The van der Waals surface area contributed by atoms with Gasteiger partial charge >= 0.3 is 5.69 Å². The molecule has 1 aromatic carbocycles. The summed E-state index contributed by atoms with van der Waals surface area (Å²) in [7, 11) is 1.62. The highest BCUT2D eigenvalue weighted by Gasteiger charge is 2.35. The summed E-state index contributed by atoms with van der Waals surface area (Å²) in [6, 6.07) is 8.04. The molecule has 1 aliphatic carbocycles. The average molecular weight is 451 g/mol. The van der Waals surface area contributed by atoms with Crippen molar-refractivity contribution < 1.29 is 9.53 Å². The summed E-state index contributed by atoms with van der Waals surface area (Å²) in [6.07, 6.45) is 9.33. The van der Waals surface area contributed by atoms with E-state index < -0.39 is 0 Å². The number of methoxy groups -OCH3 is 1. The SMILES string of the molecule is COCCn1nc(C2CCCN(C(=O)c3ccc(Cn4ccnc4)cc3)C2)n(C2CC2)c1=O. The molecular weight excluding hydrogens is 420 g/mol. The Hall–Kier alpha value is -3.20. The van der Waals surface area contributed by atoms with Gasteiger partial charge < -0.3 is 14.2 Å². The van der Waals surface area contributed by atoms with Gasteiger partial charge in [-0.2, -0.15) is 5.10 Å². The van der Waals surface area contributed by atoms with Crippen molar-refractivity contribution >= 4 is 5.91 Å². The first kappa shape index (κ1) is 21.6. The first-order chi connectivity index (χ1) is 16.1. The Morgan fingerprint density at radius 3 is 2.70 bits per heavy atom. The topological polar surface area (TPSA) is 87.2 Å². The van der Waals surface area contributed by atoms with Gasteiger partial charge in [0.1, 0.15) is 5.82 Å². The molecule has 3 aromatic rings. The van der Waals surface area contributed by atoms with Crippen molar-refractivity contribution in [2.24, 2.45) is 0 Å². The van der Waals surface area contributed by atoms with Crippen LogP contribution >= 0.6 is 0 Å². The number of carbonyl (C=O) groups excluding carboxylic acids is 1. The minimum Gasteiger partial charge on any atom is -0.383 e. The second-order valence-corrected chi connectivity index (χ2v) is 8.98. The molecule has 0 bridgehead atoms. The third-order valence-electron chi connectivity index (χ3n) is 6.52. The lowest BCUT2D eigenvalue weighted by atomic mass is 9.96. The van der Waals surface area contributed by atoms with Crippen LogP contribution in [0, 0.1) is 0 Å². The molecule has 3 heterocycles. The molecule has 1 saturated carbocycles. The molecule has 2 aromatic heterocycles. The number of rotatable bonds is 8. The van der Waals surface area contributed by atoms with Crippen LogP contribution in [0.25, 0.3) is 0 Å². The molecule has 9 nitrogen and oxygen atoms in total. The summed E-state index contributed by atoms with van der Waals surface area (Å²) < 4.78 is 10.5. The van der Waals surface area contributed by atoms with Gasteiger partial charge in [-0.1, -0.05) is 12.1 Å². The van der Waals surface area contributed by atoms with E-state index >= 15 is 0 Å². The molecule has 0 N–H and O–H groups in total. The van der Waals surface area contributed by atoms with Crippen LogP contribution < -0.4 is 5.69 Å². The van der Waals surface area contributed by atoms with E-state index in [-0.39, 0.29) is 23.6 Å². The van der Waals surface area contributed by atoms with Crippen LogP contribution in [0.3, 0.4) is 0 Å². The number of likely N-dealkylation sites (tertiary alicyclic amines) is 1. The summed E-state index contributed by atoms with van der Waals surface area (Å²) in [5, 5.41) is 4.69. The predicted molar refractivity (Wildman–Crippen MR) is 122 cm³/mol. The number of amides is 1. The van der Waals surface area contributed by atoms with Crippen molar-refractivity contribution in [3.8, 4) is 0 Å². The van der Waals surface area contributed by atoms with Crippen molar-refractivity contribution in [1.82, 2.24) is 28.8 Å². The average Bonchev–Trinajstić information content (AvgIpc) is 3.44. The molecule has 174 valence electrons. The predicted octanol–water partition coefficient (Wildman–Crippen LogP) is 2.29. The van der Waals surface area contributed by atoms with Gasteiger partial charge in [0.25, 0.3) is 5.91 Å². The Morgan fingerprint density at radius 2 is 2.00 bits per heavy atom. The quantitative estimate of drug-likeness (QED) is 0.526. The second-order valence-electron chi connectivity index (χ2n) is 8.98. The number of hydrogen-bond donors (Lipinski definition) is 0. The number of imidazole rings is 1. The number of carbonyl (C=O) groups is 1. The number of nitrogens with zero attached hydrogens (tertiary/aromatic N) is 6. The number of aromatic nitrogens is 5. The number of benzene rings is 1. The zero-order chi connectivity index (χ0) is 22.8. The lowest BCUT2D eigenvalue weighted by Gasteiger charge is -2.32. The van der Waals surface area contributed by atoms with E-state index in [1.54, 1.807) is 19.6 Å². The fraction of sp³-hybridized carbons (Fsp3) is 0.500. The van der Waals surface area contributed by atoms with E-state index in [4.69, 9.17) is 4.74 Å². The molecule has 0 spiro atoms. The molecule has 1 aliphatic heterocycles. The van der Waals surface area contributed by atoms with Crippen LogP contribution in [0.2, 0.25) is 0 Å². The molecular formula is C24H30N6O3. The molecule has 1 amide bonds. The van der Waals surface area contributed by atoms with Crippen molar-refractivity contribution in [3.63, 3.8) is 0 Å². The Balaban J connectivity index is 1.31. The highest BCUT2D eigenvalue weighted by molar-refractivity contribution is 5.94. The van der Waals surface area contributed by atoms with Crippen LogP contribution in [-0.2, 0) is 17.8 Å². The van der Waals surface area contributed by atoms with Crippen molar-refractivity contribution in [2.75, 3.05) is 26.8 Å². The van der Waals surface area contributed by atoms with Crippen molar-refractivity contribution in [2.45, 2.75) is 50.7 Å². The zero-order valence-corrected chi connectivity index (χ0v) is 19.0. The number of hydrogen-bond acceptors (Lipinski definition) is 5. The van der Waals surface area contributed by atoms with Gasteiger partial charge in [-0.05, 0) is 43.4 Å². The summed E-state index contributed by atoms with van der Waals surface area (Å²) >= 11 is 0. The Labute approximate surface area is 192 Å². The Bertz CT molecular complexity index is 1140. The molecule has 5 rings (SSSR count). The van der Waals surface area contributed by atoms with Crippen LogP contribution in [0.5, 0.6) is 0 Å². The van der Waals surface area contributed by atoms with Gasteiger partial charge in [-0.25, -0.2) is 14.5 Å². The normalized spacial score (nSPS) is 18.6. The fourth-order valence-corrected chi connectivity index (χ4v) is 4.61. The van der Waals surface area contributed by atoms with Gasteiger partial charge in [-0.3, -0.25) is 9.36 Å². The first-order valence-corrected chi connectivity index (χ1v) is 11.7. The van der Waals surface area contributed by atoms with E-state index in [0.29, 0.717) is 25.3 Å². The third kappa shape index (κ3) is 4.64. The van der Waals surface area contributed by atoms with Crippen LogP contribution in [0.15, 0.2) is 47.8 Å². The van der Waals surface area contributed by atoms with E-state index in [0.717, 1.165) is 50.2 Å². The third-order valence-corrected chi connectivity index (χ3v) is 6.52. The smallest absolute Gasteiger partial charge is 0.346 e. The second kappa shape index (κ2) is 9.35. The maximum atomic E-state index is 13.2. The Kier molecular flexibility index (Phi) is 6.13. The first-order valence-electron chi connectivity index (χ1n) is 11.7. The summed E-state index contributed by atoms with van der Waals surface area (Å²) in [4.78, 5) is 32.2. The minimum absolute atomic E-state index is 0.0352. The molecule has 2 aliphatic rings. The molecule has 1 unspecified atom stereocenters. The highest BCUT2D eigenvalue weighted by Crippen LogP contribution is 2.37. The molecule has 9 heteroatoms. The summed E-state index contributed by atoms with van der Waals surface area (Å²) in [5.74, 6) is 0.931. The molecule has 1 atom stereocenters. The lowest BCUT2D eigenvalue weighted by Crippen LogP contribution is -2.40. The van der Waals surface area contributed by atoms with Crippen molar-refractivity contribution in [1.29, 1.82) is 0 Å². The molecule has 2 fully saturated rings.